The van der Waals surface area contributed by atoms with Crippen LogP contribution in [-0.2, 0) is 57.2 Å². The zero-order chi connectivity index (χ0) is 37.6. The van der Waals surface area contributed by atoms with Gasteiger partial charge in [-0.05, 0) is 38.0 Å². The largest absolute Gasteiger partial charge is 0.462 e. The molecule has 0 aromatic rings. The van der Waals surface area contributed by atoms with Gasteiger partial charge in [-0.2, -0.15) is 0 Å². The molecular formula is C36H52O14. The van der Waals surface area contributed by atoms with E-state index in [4.69, 9.17) is 28.4 Å². The van der Waals surface area contributed by atoms with Crippen LogP contribution in [0.2, 0.25) is 0 Å². The van der Waals surface area contributed by atoms with E-state index in [1.165, 1.54) is 39.0 Å². The van der Waals surface area contributed by atoms with Crippen molar-refractivity contribution < 1.29 is 67.4 Å². The first-order chi connectivity index (χ1) is 23.3. The number of unbranched alkanes of at least 4 members (excludes halogenated alkanes) is 4. The van der Waals surface area contributed by atoms with Crippen molar-refractivity contribution in [1.82, 2.24) is 0 Å². The predicted octanol–water partition coefficient (Wildman–Crippen LogP) is 3.18. The van der Waals surface area contributed by atoms with Crippen molar-refractivity contribution in [3.63, 3.8) is 0 Å². The van der Waals surface area contributed by atoms with Crippen molar-refractivity contribution in [1.29, 1.82) is 0 Å². The highest BCUT2D eigenvalue weighted by Crippen LogP contribution is 2.58. The second-order valence-corrected chi connectivity index (χ2v) is 14.0. The van der Waals surface area contributed by atoms with Gasteiger partial charge in [0.05, 0.1) is 11.3 Å². The molecule has 2 fully saturated rings. The average Bonchev–Trinajstić information content (AvgIpc) is 3.22. The molecule has 3 rings (SSSR count). The van der Waals surface area contributed by atoms with Crippen LogP contribution >= 0.6 is 0 Å². The molecule has 1 heterocycles. The molecule has 1 saturated heterocycles. The Morgan fingerprint density at radius 3 is 2.02 bits per heavy atom. The summed E-state index contributed by atoms with van der Waals surface area (Å²) in [6.45, 7) is 10.4. The second kappa shape index (κ2) is 16.5. The fourth-order valence-electron chi connectivity index (χ4n) is 7.61. The maximum absolute atomic E-state index is 13.2. The summed E-state index contributed by atoms with van der Waals surface area (Å²) in [7, 11) is 0. The summed E-state index contributed by atoms with van der Waals surface area (Å²) in [4.78, 5) is 76.3. The molecule has 2 aliphatic carbocycles. The van der Waals surface area contributed by atoms with Crippen molar-refractivity contribution in [3.05, 3.63) is 23.8 Å². The van der Waals surface area contributed by atoms with Gasteiger partial charge in [0.1, 0.15) is 36.6 Å². The van der Waals surface area contributed by atoms with Gasteiger partial charge in [-0.15, -0.1) is 0 Å². The molecule has 2 N–H and O–H groups in total. The lowest BCUT2D eigenvalue weighted by molar-refractivity contribution is -0.286. The van der Waals surface area contributed by atoms with Gasteiger partial charge in [0, 0.05) is 46.5 Å². The number of carbonyl (C=O) groups excluding carboxylic acids is 6. The van der Waals surface area contributed by atoms with Gasteiger partial charge in [0.15, 0.2) is 11.7 Å². The Balaban J connectivity index is 2.30. The molecule has 0 radical (unpaired) electrons. The van der Waals surface area contributed by atoms with Gasteiger partial charge in [-0.25, -0.2) is 0 Å². The summed E-state index contributed by atoms with van der Waals surface area (Å²) in [5.41, 5.74) is -6.12. The summed E-state index contributed by atoms with van der Waals surface area (Å²) < 4.78 is 34.2. The summed E-state index contributed by atoms with van der Waals surface area (Å²) >= 11 is 0. The Morgan fingerprint density at radius 2 is 1.44 bits per heavy atom. The topological polar surface area (TPSA) is 198 Å². The minimum atomic E-state index is -2.42. The molecule has 1 saturated carbocycles. The van der Waals surface area contributed by atoms with Crippen molar-refractivity contribution in [2.24, 2.45) is 17.3 Å². The van der Waals surface area contributed by atoms with Crippen molar-refractivity contribution in [2.75, 3.05) is 6.61 Å². The number of ether oxygens (including phenoxy) is 6. The Hall–Kier alpha value is -3.78. The Kier molecular flexibility index (Phi) is 13.4. The normalized spacial score (nSPS) is 36.6. The van der Waals surface area contributed by atoms with Crippen LogP contribution in [0, 0.1) is 17.3 Å². The van der Waals surface area contributed by atoms with Gasteiger partial charge in [-0.3, -0.25) is 28.8 Å². The lowest BCUT2D eigenvalue weighted by Gasteiger charge is -2.60. The number of hydrogen-bond acceptors (Lipinski definition) is 14. The zero-order valence-corrected chi connectivity index (χ0v) is 30.2. The third kappa shape index (κ3) is 8.74. The van der Waals surface area contributed by atoms with Crippen molar-refractivity contribution >= 4 is 35.8 Å². The van der Waals surface area contributed by atoms with E-state index < -0.39 is 94.8 Å². The molecule has 1 aliphatic heterocycles. The first-order valence-corrected chi connectivity index (χ1v) is 17.2. The Labute approximate surface area is 292 Å². The van der Waals surface area contributed by atoms with Crippen LogP contribution in [0.4, 0.5) is 0 Å². The molecular weight excluding hydrogens is 656 g/mol. The molecule has 0 aromatic carbocycles. The van der Waals surface area contributed by atoms with E-state index >= 15 is 0 Å². The van der Waals surface area contributed by atoms with Crippen molar-refractivity contribution in [2.45, 2.75) is 142 Å². The zero-order valence-electron chi connectivity index (χ0n) is 30.2. The predicted molar refractivity (Wildman–Crippen MR) is 175 cm³/mol. The molecule has 0 aromatic heterocycles. The van der Waals surface area contributed by atoms with Gasteiger partial charge in [0.25, 0.3) is 0 Å². The van der Waals surface area contributed by atoms with E-state index in [0.29, 0.717) is 6.42 Å². The van der Waals surface area contributed by atoms with Gasteiger partial charge >= 0.3 is 35.8 Å². The Bertz CT molecular complexity index is 1370. The van der Waals surface area contributed by atoms with E-state index in [-0.39, 0.29) is 25.0 Å². The standard InChI is InChI=1S/C36H52O14/c1-9-10-11-12-13-14-30(41)45-19-25-15-16-26(46-21(3)37)34(7)27(47-22(4)38)18-28(48-23(5)39)35(8,43)31(34)32(49-24(6)40)36(44)20(2)33(42)50-29(36)17-25/h15-17,20,26-29,31-32,43-44H,9-14,18-19H2,1-8H3/b16-15-,25-17+/t20-,26-,27-,28+,29-,31+,32+,34-,35+,36-/m0/s1. The van der Waals surface area contributed by atoms with E-state index in [2.05, 4.69) is 6.92 Å². The highest BCUT2D eigenvalue weighted by molar-refractivity contribution is 5.78. The quantitative estimate of drug-likeness (QED) is 0.170. The highest BCUT2D eigenvalue weighted by atomic mass is 16.6. The summed E-state index contributed by atoms with van der Waals surface area (Å²) in [5.74, 6) is -7.52. The maximum Gasteiger partial charge on any atom is 0.312 e. The number of aliphatic hydroxyl groups is 2. The molecule has 10 atom stereocenters. The van der Waals surface area contributed by atoms with E-state index in [1.54, 1.807) is 0 Å². The minimum Gasteiger partial charge on any atom is -0.462 e. The fourth-order valence-corrected chi connectivity index (χ4v) is 7.61. The van der Waals surface area contributed by atoms with Crippen LogP contribution < -0.4 is 0 Å². The number of carbonyl (C=O) groups is 6. The number of fused-ring (bicyclic) bond motifs is 2. The number of rotatable bonds is 12. The second-order valence-electron chi connectivity index (χ2n) is 14.0. The van der Waals surface area contributed by atoms with E-state index in [9.17, 15) is 39.0 Å². The average molecular weight is 709 g/mol. The minimum absolute atomic E-state index is 0.174. The van der Waals surface area contributed by atoms with Gasteiger partial charge in [-0.1, -0.05) is 45.6 Å². The maximum atomic E-state index is 13.2. The molecule has 0 unspecified atom stereocenters. The molecule has 0 amide bonds. The third-order valence-electron chi connectivity index (χ3n) is 10.1. The van der Waals surface area contributed by atoms with Crippen LogP contribution in [0.15, 0.2) is 23.8 Å². The van der Waals surface area contributed by atoms with Gasteiger partial charge < -0.3 is 38.6 Å². The first kappa shape index (κ1) is 40.6. The lowest BCUT2D eigenvalue weighted by atomic mass is 9.51. The number of hydrogen-bond donors (Lipinski definition) is 2. The van der Waals surface area contributed by atoms with E-state index in [0.717, 1.165) is 53.4 Å². The molecule has 0 bridgehead atoms. The van der Waals surface area contributed by atoms with Crippen LogP contribution in [0.5, 0.6) is 0 Å². The molecule has 280 valence electrons. The van der Waals surface area contributed by atoms with Crippen LogP contribution in [0.1, 0.15) is 100 Å². The molecule has 50 heavy (non-hydrogen) atoms. The van der Waals surface area contributed by atoms with Crippen LogP contribution in [-0.4, -0.2) is 94.4 Å². The van der Waals surface area contributed by atoms with E-state index in [1.807, 2.05) is 0 Å². The SMILES string of the molecule is CCCCCCCC(=O)OCC1=C/[C@@H]2OC(=O)[C@H](C)[C@@]2(O)[C@H](OC(C)=O)[C@H]2[C@](C)(O)[C@H](OC(C)=O)C[C@H](OC(C)=O)[C@]2(C)[C@@H](OC(C)=O)/C=C\1. The molecule has 0 spiro atoms. The van der Waals surface area contributed by atoms with Crippen LogP contribution in [0.25, 0.3) is 0 Å². The van der Waals surface area contributed by atoms with Crippen LogP contribution in [0.3, 0.4) is 0 Å². The summed E-state index contributed by atoms with van der Waals surface area (Å²) in [6.07, 6.45) is 1.32. The highest BCUT2D eigenvalue weighted by Gasteiger charge is 2.72. The number of esters is 6. The molecule has 3 aliphatic rings. The Morgan fingerprint density at radius 1 is 0.860 bits per heavy atom. The summed E-state index contributed by atoms with van der Waals surface area (Å²) in [6, 6.07) is 0. The van der Waals surface area contributed by atoms with Crippen molar-refractivity contribution in [3.8, 4) is 0 Å². The summed E-state index contributed by atoms with van der Waals surface area (Å²) in [5, 5.41) is 25.1. The smallest absolute Gasteiger partial charge is 0.312 e. The third-order valence-corrected chi connectivity index (χ3v) is 10.1. The molecule has 14 nitrogen and oxygen atoms in total. The first-order valence-electron chi connectivity index (χ1n) is 17.2. The molecule has 14 heteroatoms. The fraction of sp³-hybridized carbons (Fsp3) is 0.722. The monoisotopic (exact) mass is 708 g/mol. The van der Waals surface area contributed by atoms with Gasteiger partial charge in [0.2, 0.25) is 0 Å². The lowest BCUT2D eigenvalue weighted by Crippen LogP contribution is -2.74.